The van der Waals surface area contributed by atoms with E-state index in [0.717, 1.165) is 16.6 Å². The van der Waals surface area contributed by atoms with Crippen LogP contribution in [0, 0.1) is 0 Å². The molecule has 2 rings (SSSR count). The van der Waals surface area contributed by atoms with Crippen molar-refractivity contribution in [3.8, 4) is 0 Å². The van der Waals surface area contributed by atoms with Crippen LogP contribution in [0.25, 0.3) is 0 Å². The molecule has 1 N–H and O–H groups in total. The van der Waals surface area contributed by atoms with E-state index in [1.165, 1.54) is 11.5 Å². The molecular formula is C6H5N3OS2. The highest BCUT2D eigenvalue weighted by molar-refractivity contribution is 7.05. The van der Waals surface area contributed by atoms with Gasteiger partial charge >= 0.3 is 0 Å². The van der Waals surface area contributed by atoms with Gasteiger partial charge in [-0.1, -0.05) is 0 Å². The van der Waals surface area contributed by atoms with Crippen molar-refractivity contribution >= 4 is 23.3 Å². The molecule has 0 aliphatic rings. The topological polar surface area (TPSA) is 58.9 Å². The Kier molecular flexibility index (Phi) is 2.11. The fourth-order valence-corrected chi connectivity index (χ4v) is 1.83. The number of hydrogen-bond donors (Lipinski definition) is 1. The Morgan fingerprint density at radius 3 is 2.92 bits per heavy atom. The van der Waals surface area contributed by atoms with Gasteiger partial charge in [0.25, 0.3) is 0 Å². The molecule has 0 radical (unpaired) electrons. The van der Waals surface area contributed by atoms with Crippen molar-refractivity contribution in [2.24, 2.45) is 0 Å². The Balaban J connectivity index is 2.27. The Bertz CT molecular complexity index is 297. The van der Waals surface area contributed by atoms with E-state index in [-0.39, 0.29) is 0 Å². The third-order valence-electron chi connectivity index (χ3n) is 1.39. The molecule has 0 saturated carbocycles. The number of aliphatic hydroxyl groups excluding tert-OH is 1. The summed E-state index contributed by atoms with van der Waals surface area (Å²) >= 11 is 2.36. The average molecular weight is 199 g/mol. The Morgan fingerprint density at radius 2 is 2.33 bits per heavy atom. The van der Waals surface area contributed by atoms with Crippen molar-refractivity contribution in [3.05, 3.63) is 29.0 Å². The van der Waals surface area contributed by atoms with Crippen LogP contribution in [-0.4, -0.2) is 18.2 Å². The molecule has 4 nitrogen and oxygen atoms in total. The lowest BCUT2D eigenvalue weighted by Crippen LogP contribution is -1.96. The second kappa shape index (κ2) is 3.26. The lowest BCUT2D eigenvalue weighted by molar-refractivity contribution is 0.220. The van der Waals surface area contributed by atoms with Crippen LogP contribution in [0.5, 0.6) is 0 Å². The molecule has 1 atom stereocenters. The maximum atomic E-state index is 9.64. The fraction of sp³-hybridized carbons (Fsp3) is 0.167. The summed E-state index contributed by atoms with van der Waals surface area (Å²) in [6.07, 6.45) is 2.55. The van der Waals surface area contributed by atoms with E-state index in [9.17, 15) is 5.11 Å². The van der Waals surface area contributed by atoms with E-state index in [1.54, 1.807) is 18.5 Å². The molecule has 0 saturated heterocycles. The predicted molar refractivity (Wildman–Crippen MR) is 46.1 cm³/mol. The molecule has 0 spiro atoms. The van der Waals surface area contributed by atoms with Gasteiger partial charge in [0.2, 0.25) is 0 Å². The first-order valence-corrected chi connectivity index (χ1v) is 4.74. The minimum Gasteiger partial charge on any atom is -0.381 e. The quantitative estimate of drug-likeness (QED) is 0.786. The van der Waals surface area contributed by atoms with E-state index in [2.05, 4.69) is 13.1 Å². The zero-order valence-electron chi connectivity index (χ0n) is 5.91. The maximum Gasteiger partial charge on any atom is 0.134 e. The highest BCUT2D eigenvalue weighted by Gasteiger charge is 2.13. The van der Waals surface area contributed by atoms with Gasteiger partial charge in [-0.25, -0.2) is 4.37 Å². The van der Waals surface area contributed by atoms with Crippen LogP contribution >= 0.6 is 23.3 Å². The van der Waals surface area contributed by atoms with Gasteiger partial charge in [0, 0.05) is 6.20 Å². The first kappa shape index (κ1) is 7.78. The summed E-state index contributed by atoms with van der Waals surface area (Å²) in [5.41, 5.74) is 0.587. The summed E-state index contributed by atoms with van der Waals surface area (Å²) in [6, 6.07) is 1.77. The molecule has 0 aliphatic carbocycles. The third kappa shape index (κ3) is 1.36. The summed E-state index contributed by atoms with van der Waals surface area (Å²) in [4.78, 5) is 0.794. The van der Waals surface area contributed by atoms with Crippen LogP contribution in [0.3, 0.4) is 0 Å². The van der Waals surface area contributed by atoms with Gasteiger partial charge < -0.3 is 5.11 Å². The first-order valence-electron chi connectivity index (χ1n) is 3.24. The van der Waals surface area contributed by atoms with Crippen molar-refractivity contribution in [1.82, 2.24) is 13.1 Å². The molecule has 62 valence electrons. The van der Waals surface area contributed by atoms with E-state index in [0.29, 0.717) is 5.69 Å². The SMILES string of the molecule is OC(c1cnsn1)c1ccns1. The monoisotopic (exact) mass is 199 g/mol. The van der Waals surface area contributed by atoms with Crippen molar-refractivity contribution in [2.45, 2.75) is 6.10 Å². The first-order chi connectivity index (χ1) is 5.88. The van der Waals surface area contributed by atoms with E-state index in [1.807, 2.05) is 0 Å². The highest BCUT2D eigenvalue weighted by atomic mass is 32.1. The molecule has 0 fully saturated rings. The predicted octanol–water partition coefficient (Wildman–Crippen LogP) is 1.08. The molecule has 2 aromatic rings. The average Bonchev–Trinajstić information content (AvgIpc) is 2.77. The number of aliphatic hydroxyl groups is 1. The number of nitrogens with zero attached hydrogens (tertiary/aromatic N) is 3. The largest absolute Gasteiger partial charge is 0.381 e. The Labute approximate surface area is 77.0 Å². The van der Waals surface area contributed by atoms with Gasteiger partial charge in [-0.2, -0.15) is 8.75 Å². The van der Waals surface area contributed by atoms with E-state index >= 15 is 0 Å². The number of rotatable bonds is 2. The molecule has 0 aromatic carbocycles. The zero-order chi connectivity index (χ0) is 8.39. The molecule has 0 amide bonds. The minimum absolute atomic E-state index is 0.587. The molecule has 2 heterocycles. The van der Waals surface area contributed by atoms with Gasteiger partial charge in [0.05, 0.1) is 22.8 Å². The van der Waals surface area contributed by atoms with Crippen LogP contribution < -0.4 is 0 Å². The van der Waals surface area contributed by atoms with Crippen LogP contribution in [0.2, 0.25) is 0 Å². The summed E-state index contributed by atoms with van der Waals surface area (Å²) in [5.74, 6) is 0. The van der Waals surface area contributed by atoms with Gasteiger partial charge in [0.15, 0.2) is 0 Å². The van der Waals surface area contributed by atoms with Crippen LogP contribution in [0.15, 0.2) is 18.5 Å². The second-order valence-corrected chi connectivity index (χ2v) is 3.57. The summed E-state index contributed by atoms with van der Waals surface area (Å²) in [5, 5.41) is 9.64. The lowest BCUT2D eigenvalue weighted by Gasteiger charge is -2.00. The highest BCUT2D eigenvalue weighted by Crippen LogP contribution is 2.22. The summed E-state index contributed by atoms with van der Waals surface area (Å²) in [6.45, 7) is 0. The van der Waals surface area contributed by atoms with Crippen molar-refractivity contribution in [2.75, 3.05) is 0 Å². The van der Waals surface area contributed by atoms with Gasteiger partial charge in [-0.15, -0.1) is 0 Å². The lowest BCUT2D eigenvalue weighted by atomic mass is 10.2. The standard InChI is InChI=1S/C6H5N3OS2/c10-6(4-3-8-12-9-4)5-1-2-7-11-5/h1-3,6,10H. The van der Waals surface area contributed by atoms with Crippen molar-refractivity contribution in [1.29, 1.82) is 0 Å². The molecule has 12 heavy (non-hydrogen) atoms. The third-order valence-corrected chi connectivity index (χ3v) is 2.68. The van der Waals surface area contributed by atoms with E-state index in [4.69, 9.17) is 0 Å². The molecular weight excluding hydrogens is 194 g/mol. The smallest absolute Gasteiger partial charge is 0.134 e. The number of hydrogen-bond acceptors (Lipinski definition) is 6. The van der Waals surface area contributed by atoms with E-state index < -0.39 is 6.10 Å². The molecule has 1 unspecified atom stereocenters. The molecule has 0 aliphatic heterocycles. The molecule has 6 heteroatoms. The molecule has 2 aromatic heterocycles. The Hall–Kier alpha value is -0.850. The van der Waals surface area contributed by atoms with Crippen molar-refractivity contribution < 1.29 is 5.11 Å². The van der Waals surface area contributed by atoms with Gasteiger partial charge in [-0.3, -0.25) is 0 Å². The Morgan fingerprint density at radius 1 is 1.42 bits per heavy atom. The summed E-state index contributed by atoms with van der Waals surface area (Å²) < 4.78 is 11.6. The van der Waals surface area contributed by atoms with Gasteiger partial charge in [0.1, 0.15) is 11.8 Å². The van der Waals surface area contributed by atoms with Crippen LogP contribution in [0.4, 0.5) is 0 Å². The zero-order valence-corrected chi connectivity index (χ0v) is 7.55. The normalized spacial score (nSPS) is 13.1. The van der Waals surface area contributed by atoms with Gasteiger partial charge in [-0.05, 0) is 17.6 Å². The van der Waals surface area contributed by atoms with Crippen molar-refractivity contribution in [3.63, 3.8) is 0 Å². The summed E-state index contributed by atoms with van der Waals surface area (Å²) in [7, 11) is 0. The second-order valence-electron chi connectivity index (χ2n) is 2.15. The molecule has 0 bridgehead atoms. The minimum atomic E-state index is -0.670. The maximum absolute atomic E-state index is 9.64. The van der Waals surface area contributed by atoms with Crippen LogP contribution in [-0.2, 0) is 0 Å². The fourth-order valence-electron chi connectivity index (χ4n) is 0.805. The number of aromatic nitrogens is 3. The van der Waals surface area contributed by atoms with Crippen LogP contribution in [0.1, 0.15) is 16.7 Å².